The first-order valence-electron chi connectivity index (χ1n) is 6.80. The second-order valence-electron chi connectivity index (χ2n) is 5.57. The molecule has 0 saturated carbocycles. The first-order valence-corrected chi connectivity index (χ1v) is 10.5. The molecule has 1 unspecified atom stereocenters. The first-order chi connectivity index (χ1) is 9.43. The van der Waals surface area contributed by atoms with Gasteiger partial charge in [-0.2, -0.15) is 0 Å². The summed E-state index contributed by atoms with van der Waals surface area (Å²) in [5.74, 6) is -1.36. The van der Waals surface area contributed by atoms with Crippen LogP contribution < -0.4 is 4.72 Å². The van der Waals surface area contributed by atoms with E-state index in [0.29, 0.717) is 12.8 Å². The molecule has 0 amide bonds. The Balaban J connectivity index is 4.27. The van der Waals surface area contributed by atoms with Gasteiger partial charge in [0.15, 0.2) is 0 Å². The highest BCUT2D eigenvalue weighted by Gasteiger charge is 2.18. The van der Waals surface area contributed by atoms with Crippen LogP contribution in [0, 0.1) is 11.8 Å². The molecule has 0 aliphatic rings. The van der Waals surface area contributed by atoms with Gasteiger partial charge in [0.2, 0.25) is 10.0 Å². The molecule has 0 aromatic rings. The molecule has 0 aliphatic carbocycles. The second kappa shape index (κ2) is 8.70. The lowest BCUT2D eigenvalue weighted by molar-refractivity contribution is -0.137. The highest BCUT2D eigenvalue weighted by atomic mass is 32.2. The van der Waals surface area contributed by atoms with Crippen molar-refractivity contribution in [3.05, 3.63) is 0 Å². The van der Waals surface area contributed by atoms with Crippen LogP contribution in [0.25, 0.3) is 0 Å². The highest BCUT2D eigenvalue weighted by molar-refractivity contribution is 7.93. The number of hydrogen-bond donors (Lipinski definition) is 2. The molecule has 9 heteroatoms. The standard InChI is InChI=1S/C12H25NO6S2/c1-10(2)11(4-5-12(14)15)6-7-13-21(18,19)9-8-20(3,16)17/h10-11,13H,4-9H2,1-3H3,(H,14,15). The molecule has 1 atom stereocenters. The fourth-order valence-electron chi connectivity index (χ4n) is 1.85. The minimum absolute atomic E-state index is 0.0592. The Labute approximate surface area is 127 Å². The van der Waals surface area contributed by atoms with E-state index >= 15 is 0 Å². The molecule has 0 spiro atoms. The Hall–Kier alpha value is -0.670. The van der Waals surface area contributed by atoms with Gasteiger partial charge < -0.3 is 5.11 Å². The summed E-state index contributed by atoms with van der Waals surface area (Å²) in [4.78, 5) is 10.6. The molecule has 21 heavy (non-hydrogen) atoms. The molecule has 0 aromatic carbocycles. The average Bonchev–Trinajstić information content (AvgIpc) is 2.29. The summed E-state index contributed by atoms with van der Waals surface area (Å²) in [7, 11) is -6.93. The lowest BCUT2D eigenvalue weighted by Gasteiger charge is -2.20. The van der Waals surface area contributed by atoms with Crippen LogP contribution in [-0.2, 0) is 24.7 Å². The van der Waals surface area contributed by atoms with Crippen LogP contribution in [0.2, 0.25) is 0 Å². The van der Waals surface area contributed by atoms with Gasteiger partial charge in [-0.1, -0.05) is 13.8 Å². The minimum atomic E-state index is -3.61. The fourth-order valence-corrected chi connectivity index (χ4v) is 4.51. The zero-order chi connectivity index (χ0) is 16.7. The molecule has 0 aromatic heterocycles. The number of carbonyl (C=O) groups is 1. The lowest BCUT2D eigenvalue weighted by atomic mass is 9.88. The van der Waals surface area contributed by atoms with Gasteiger partial charge in [-0.3, -0.25) is 4.79 Å². The molecule has 126 valence electrons. The van der Waals surface area contributed by atoms with Gasteiger partial charge in [-0.15, -0.1) is 0 Å². The fraction of sp³-hybridized carbons (Fsp3) is 0.917. The minimum Gasteiger partial charge on any atom is -0.481 e. The van der Waals surface area contributed by atoms with E-state index in [2.05, 4.69) is 4.72 Å². The Bertz CT molecular complexity index is 524. The van der Waals surface area contributed by atoms with Crippen molar-refractivity contribution in [1.29, 1.82) is 0 Å². The quantitative estimate of drug-likeness (QED) is 0.563. The maximum Gasteiger partial charge on any atom is 0.303 e. The van der Waals surface area contributed by atoms with Crippen LogP contribution in [-0.4, -0.2) is 52.2 Å². The summed E-state index contributed by atoms with van der Waals surface area (Å²) in [6, 6.07) is 0. The number of rotatable bonds is 11. The predicted octanol–water partition coefficient (Wildman–Crippen LogP) is 0.478. The van der Waals surface area contributed by atoms with Gasteiger partial charge in [-0.05, 0) is 24.7 Å². The second-order valence-corrected chi connectivity index (χ2v) is 9.75. The molecule has 0 radical (unpaired) electrons. The predicted molar refractivity (Wildman–Crippen MR) is 81.3 cm³/mol. The van der Waals surface area contributed by atoms with E-state index in [-0.39, 0.29) is 24.8 Å². The van der Waals surface area contributed by atoms with E-state index in [1.807, 2.05) is 13.8 Å². The van der Waals surface area contributed by atoms with Crippen molar-refractivity contribution in [2.24, 2.45) is 11.8 Å². The van der Waals surface area contributed by atoms with Crippen molar-refractivity contribution < 1.29 is 26.7 Å². The summed E-state index contributed by atoms with van der Waals surface area (Å²) in [6.07, 6.45) is 2.08. The number of sulfone groups is 1. The zero-order valence-electron chi connectivity index (χ0n) is 12.7. The van der Waals surface area contributed by atoms with Crippen LogP contribution in [0.1, 0.15) is 33.1 Å². The van der Waals surface area contributed by atoms with Gasteiger partial charge >= 0.3 is 5.97 Å². The van der Waals surface area contributed by atoms with Gasteiger partial charge in [0.25, 0.3) is 0 Å². The molecule has 0 heterocycles. The van der Waals surface area contributed by atoms with Crippen molar-refractivity contribution in [2.75, 3.05) is 24.3 Å². The number of carboxylic acids is 1. The molecule has 7 nitrogen and oxygen atoms in total. The van der Waals surface area contributed by atoms with Crippen LogP contribution in [0.3, 0.4) is 0 Å². The summed E-state index contributed by atoms with van der Waals surface area (Å²) < 4.78 is 47.5. The molecule has 2 N–H and O–H groups in total. The molecule has 0 fully saturated rings. The van der Waals surface area contributed by atoms with Crippen molar-refractivity contribution in [3.8, 4) is 0 Å². The van der Waals surface area contributed by atoms with E-state index < -0.39 is 37.3 Å². The molecule has 0 saturated heterocycles. The molecule has 0 rings (SSSR count). The molecular weight excluding hydrogens is 318 g/mol. The van der Waals surface area contributed by atoms with Crippen LogP contribution in [0.4, 0.5) is 0 Å². The Kier molecular flexibility index (Phi) is 8.42. The van der Waals surface area contributed by atoms with Crippen molar-refractivity contribution in [1.82, 2.24) is 4.72 Å². The van der Waals surface area contributed by atoms with Gasteiger partial charge in [0, 0.05) is 19.2 Å². The largest absolute Gasteiger partial charge is 0.481 e. The van der Waals surface area contributed by atoms with E-state index in [0.717, 1.165) is 6.26 Å². The summed E-state index contributed by atoms with van der Waals surface area (Å²) in [6.45, 7) is 4.11. The van der Waals surface area contributed by atoms with E-state index in [1.165, 1.54) is 0 Å². The molecule has 0 aliphatic heterocycles. The Morgan fingerprint density at radius 3 is 2.10 bits per heavy atom. The SMILES string of the molecule is CC(C)C(CCNS(=O)(=O)CCS(C)(=O)=O)CCC(=O)O. The van der Waals surface area contributed by atoms with E-state index in [9.17, 15) is 21.6 Å². The summed E-state index contributed by atoms with van der Waals surface area (Å²) in [5.41, 5.74) is 0. The number of aliphatic carboxylic acids is 1. The van der Waals surface area contributed by atoms with Crippen molar-refractivity contribution in [2.45, 2.75) is 33.1 Å². The van der Waals surface area contributed by atoms with Crippen LogP contribution >= 0.6 is 0 Å². The van der Waals surface area contributed by atoms with E-state index in [1.54, 1.807) is 0 Å². The maximum absolute atomic E-state index is 11.6. The normalized spacial score (nSPS) is 14.3. The lowest BCUT2D eigenvalue weighted by Crippen LogP contribution is -2.31. The summed E-state index contributed by atoms with van der Waals surface area (Å²) in [5, 5.41) is 8.68. The summed E-state index contributed by atoms with van der Waals surface area (Å²) >= 11 is 0. The maximum atomic E-state index is 11.6. The zero-order valence-corrected chi connectivity index (χ0v) is 14.3. The van der Waals surface area contributed by atoms with Crippen LogP contribution in [0.15, 0.2) is 0 Å². The van der Waals surface area contributed by atoms with Crippen molar-refractivity contribution >= 4 is 25.8 Å². The van der Waals surface area contributed by atoms with Crippen molar-refractivity contribution in [3.63, 3.8) is 0 Å². The smallest absolute Gasteiger partial charge is 0.303 e. The van der Waals surface area contributed by atoms with Gasteiger partial charge in [-0.25, -0.2) is 21.6 Å². The molecule has 0 bridgehead atoms. The van der Waals surface area contributed by atoms with Crippen LogP contribution in [0.5, 0.6) is 0 Å². The third-order valence-electron chi connectivity index (χ3n) is 3.23. The third kappa shape index (κ3) is 11.6. The van der Waals surface area contributed by atoms with Gasteiger partial charge in [0.05, 0.1) is 11.5 Å². The average molecular weight is 343 g/mol. The number of sulfonamides is 1. The topological polar surface area (TPSA) is 118 Å². The third-order valence-corrected chi connectivity index (χ3v) is 5.82. The monoisotopic (exact) mass is 343 g/mol. The number of hydrogen-bond acceptors (Lipinski definition) is 5. The van der Waals surface area contributed by atoms with Gasteiger partial charge in [0.1, 0.15) is 9.84 Å². The molecular formula is C12H25NO6S2. The number of carboxylic acid groups (broad SMARTS) is 1. The first kappa shape index (κ1) is 20.3. The highest BCUT2D eigenvalue weighted by Crippen LogP contribution is 2.20. The Morgan fingerprint density at radius 1 is 1.10 bits per heavy atom. The van der Waals surface area contributed by atoms with E-state index in [4.69, 9.17) is 5.11 Å². The Morgan fingerprint density at radius 2 is 1.67 bits per heavy atom. The number of nitrogens with one attached hydrogen (secondary N) is 1.